The summed E-state index contributed by atoms with van der Waals surface area (Å²) in [4.78, 5) is 25.6. The van der Waals surface area contributed by atoms with Crippen molar-refractivity contribution in [2.75, 3.05) is 11.4 Å². The SMILES string of the molecule is N#CCCCN(C=O)c1ncc([N+](=O)[O-])s1. The van der Waals surface area contributed by atoms with Crippen LogP contribution in [0.3, 0.4) is 0 Å². The molecule has 0 saturated heterocycles. The first-order valence-electron chi connectivity index (χ1n) is 4.38. The minimum atomic E-state index is -0.556. The molecule has 1 heterocycles. The number of hydrogen-bond acceptors (Lipinski definition) is 6. The van der Waals surface area contributed by atoms with Crippen LogP contribution in [0.25, 0.3) is 0 Å². The highest BCUT2D eigenvalue weighted by atomic mass is 32.1. The van der Waals surface area contributed by atoms with E-state index in [0.29, 0.717) is 25.8 Å². The van der Waals surface area contributed by atoms with Gasteiger partial charge in [0.1, 0.15) is 6.20 Å². The van der Waals surface area contributed by atoms with Gasteiger partial charge in [-0.05, 0) is 17.8 Å². The van der Waals surface area contributed by atoms with Crippen LogP contribution in [-0.2, 0) is 4.79 Å². The van der Waals surface area contributed by atoms with Crippen LogP contribution >= 0.6 is 11.3 Å². The van der Waals surface area contributed by atoms with Crippen molar-refractivity contribution in [1.29, 1.82) is 5.26 Å². The van der Waals surface area contributed by atoms with Crippen LogP contribution in [0.5, 0.6) is 0 Å². The van der Waals surface area contributed by atoms with Crippen molar-refractivity contribution in [3.05, 3.63) is 16.3 Å². The minimum Gasteiger partial charge on any atom is -0.291 e. The van der Waals surface area contributed by atoms with E-state index in [-0.39, 0.29) is 10.1 Å². The van der Waals surface area contributed by atoms with E-state index in [1.165, 1.54) is 4.90 Å². The highest BCUT2D eigenvalue weighted by Gasteiger charge is 2.15. The predicted molar refractivity (Wildman–Crippen MR) is 57.0 cm³/mol. The van der Waals surface area contributed by atoms with Gasteiger partial charge in [-0.1, -0.05) is 0 Å². The molecule has 0 spiro atoms. The van der Waals surface area contributed by atoms with E-state index >= 15 is 0 Å². The highest BCUT2D eigenvalue weighted by Crippen LogP contribution is 2.27. The van der Waals surface area contributed by atoms with Gasteiger partial charge in [0.2, 0.25) is 6.41 Å². The van der Waals surface area contributed by atoms with Crippen LogP contribution in [0.4, 0.5) is 10.1 Å². The lowest BCUT2D eigenvalue weighted by Gasteiger charge is -2.11. The van der Waals surface area contributed by atoms with Crippen LogP contribution in [-0.4, -0.2) is 22.9 Å². The lowest BCUT2D eigenvalue weighted by Crippen LogP contribution is -2.21. The van der Waals surface area contributed by atoms with Crippen LogP contribution < -0.4 is 4.90 Å². The predicted octanol–water partition coefficient (Wildman–Crippen LogP) is 1.32. The number of thiazole rings is 1. The normalized spacial score (nSPS) is 9.44. The van der Waals surface area contributed by atoms with Crippen molar-refractivity contribution < 1.29 is 9.72 Å². The molecule has 0 aliphatic heterocycles. The average Bonchev–Trinajstić information content (AvgIpc) is 2.74. The van der Waals surface area contributed by atoms with Crippen molar-refractivity contribution in [1.82, 2.24) is 4.98 Å². The molecule has 0 N–H and O–H groups in total. The number of hydrogen-bond donors (Lipinski definition) is 0. The number of carbonyl (C=O) groups excluding carboxylic acids is 1. The second-order valence-corrected chi connectivity index (χ2v) is 3.79. The summed E-state index contributed by atoms with van der Waals surface area (Å²) in [6, 6.07) is 1.95. The largest absolute Gasteiger partial charge is 0.345 e. The molecule has 84 valence electrons. The fourth-order valence-corrected chi connectivity index (χ4v) is 1.72. The summed E-state index contributed by atoms with van der Waals surface area (Å²) in [6.45, 7) is 0.335. The summed E-state index contributed by atoms with van der Waals surface area (Å²) in [7, 11) is 0. The summed E-state index contributed by atoms with van der Waals surface area (Å²) in [5.41, 5.74) is 0. The third-order valence-electron chi connectivity index (χ3n) is 1.72. The van der Waals surface area contributed by atoms with Gasteiger partial charge in [0.15, 0.2) is 5.13 Å². The minimum absolute atomic E-state index is 0.109. The number of nitriles is 1. The van der Waals surface area contributed by atoms with Gasteiger partial charge in [0.05, 0.1) is 11.0 Å². The van der Waals surface area contributed by atoms with Crippen LogP contribution in [0.1, 0.15) is 12.8 Å². The van der Waals surface area contributed by atoms with Gasteiger partial charge < -0.3 is 0 Å². The standard InChI is InChI=1S/C8H8N4O3S/c9-3-1-2-4-11(6-13)8-10-5-7(16-8)12(14)15/h5-6H,1-2,4H2. The topological polar surface area (TPSA) is 100 Å². The Morgan fingerprint density at radius 2 is 2.50 bits per heavy atom. The van der Waals surface area contributed by atoms with Gasteiger partial charge >= 0.3 is 5.00 Å². The van der Waals surface area contributed by atoms with Gasteiger partial charge in [-0.15, -0.1) is 0 Å². The van der Waals surface area contributed by atoms with Crippen molar-refractivity contribution in [2.24, 2.45) is 0 Å². The molecule has 1 rings (SSSR count). The van der Waals surface area contributed by atoms with Gasteiger partial charge in [0, 0.05) is 13.0 Å². The molecule has 0 aliphatic carbocycles. The van der Waals surface area contributed by atoms with Gasteiger partial charge in [-0.3, -0.25) is 19.8 Å². The molecule has 0 aromatic carbocycles. The Bertz CT molecular complexity index is 425. The summed E-state index contributed by atoms with van der Waals surface area (Å²) in [5, 5.41) is 18.9. The number of rotatable bonds is 6. The Balaban J connectivity index is 2.68. The molecule has 7 nitrogen and oxygen atoms in total. The Labute approximate surface area is 95.1 Å². The fraction of sp³-hybridized carbons (Fsp3) is 0.375. The second kappa shape index (κ2) is 5.77. The van der Waals surface area contributed by atoms with E-state index in [2.05, 4.69) is 4.98 Å². The summed E-state index contributed by atoms with van der Waals surface area (Å²) >= 11 is 0.833. The number of carbonyl (C=O) groups is 1. The van der Waals surface area contributed by atoms with Crippen LogP contribution in [0, 0.1) is 21.4 Å². The zero-order valence-electron chi connectivity index (χ0n) is 8.20. The number of unbranched alkanes of at least 4 members (excludes halogenated alkanes) is 1. The monoisotopic (exact) mass is 240 g/mol. The van der Waals surface area contributed by atoms with E-state index in [9.17, 15) is 14.9 Å². The van der Waals surface area contributed by atoms with Gasteiger partial charge in [-0.2, -0.15) is 5.26 Å². The first kappa shape index (κ1) is 12.1. The average molecular weight is 240 g/mol. The molecule has 8 heteroatoms. The Kier molecular flexibility index (Phi) is 4.35. The Hall–Kier alpha value is -2.01. The summed E-state index contributed by atoms with van der Waals surface area (Å²) in [5.74, 6) is 0. The fourth-order valence-electron chi connectivity index (χ4n) is 0.996. The van der Waals surface area contributed by atoms with Gasteiger partial charge in [-0.25, -0.2) is 4.98 Å². The molecule has 1 amide bonds. The van der Waals surface area contributed by atoms with Crippen molar-refractivity contribution >= 4 is 27.9 Å². The molecule has 0 saturated carbocycles. The van der Waals surface area contributed by atoms with Crippen molar-refractivity contribution in [2.45, 2.75) is 12.8 Å². The zero-order chi connectivity index (χ0) is 12.0. The number of nitro groups is 1. The molecule has 1 aromatic heterocycles. The lowest BCUT2D eigenvalue weighted by molar-refractivity contribution is -0.380. The Morgan fingerprint density at radius 1 is 1.75 bits per heavy atom. The zero-order valence-corrected chi connectivity index (χ0v) is 9.01. The molecule has 0 unspecified atom stereocenters. The lowest BCUT2D eigenvalue weighted by atomic mass is 10.3. The van der Waals surface area contributed by atoms with E-state index in [1.807, 2.05) is 6.07 Å². The molecule has 0 bridgehead atoms. The second-order valence-electron chi connectivity index (χ2n) is 2.80. The van der Waals surface area contributed by atoms with Crippen LogP contribution in [0.15, 0.2) is 6.20 Å². The molecule has 0 atom stereocenters. The maximum atomic E-state index is 10.7. The molecular weight excluding hydrogens is 232 g/mol. The van der Waals surface area contributed by atoms with E-state index < -0.39 is 4.92 Å². The van der Waals surface area contributed by atoms with Crippen molar-refractivity contribution in [3.63, 3.8) is 0 Å². The first-order chi connectivity index (χ1) is 7.69. The molecule has 1 aromatic rings. The van der Waals surface area contributed by atoms with E-state index in [1.54, 1.807) is 0 Å². The summed E-state index contributed by atoms with van der Waals surface area (Å²) < 4.78 is 0. The molecule has 0 aliphatic rings. The number of amides is 1. The van der Waals surface area contributed by atoms with Gasteiger partial charge in [0.25, 0.3) is 0 Å². The third-order valence-corrected chi connectivity index (χ3v) is 2.71. The van der Waals surface area contributed by atoms with Crippen molar-refractivity contribution in [3.8, 4) is 6.07 Å². The number of anilines is 1. The van der Waals surface area contributed by atoms with Crippen LogP contribution in [0.2, 0.25) is 0 Å². The number of aromatic nitrogens is 1. The quantitative estimate of drug-likeness (QED) is 0.323. The maximum absolute atomic E-state index is 10.7. The summed E-state index contributed by atoms with van der Waals surface area (Å²) in [6.07, 6.45) is 2.52. The molecule has 0 fully saturated rings. The smallest absolute Gasteiger partial charge is 0.291 e. The number of nitrogens with zero attached hydrogens (tertiary/aromatic N) is 4. The Morgan fingerprint density at radius 3 is 3.00 bits per heavy atom. The van der Waals surface area contributed by atoms with E-state index in [4.69, 9.17) is 5.26 Å². The molecule has 0 radical (unpaired) electrons. The molecular formula is C8H8N4O3S. The maximum Gasteiger partial charge on any atom is 0.345 e. The highest BCUT2D eigenvalue weighted by molar-refractivity contribution is 7.18. The molecule has 16 heavy (non-hydrogen) atoms. The van der Waals surface area contributed by atoms with E-state index in [0.717, 1.165) is 17.5 Å². The third kappa shape index (κ3) is 2.99. The first-order valence-corrected chi connectivity index (χ1v) is 5.19.